The molecule has 3 heterocycles. The fourth-order valence-electron chi connectivity index (χ4n) is 4.77. The molecule has 0 unspecified atom stereocenters. The summed E-state index contributed by atoms with van der Waals surface area (Å²) < 4.78 is 32.9. The SMILES string of the molecule is COc1cc(O[C@H]2O[C@@H](CO[C@@H]3OC[C@@](O)(CO)[C@H]3O)[C@@H](O)[C@@H](O)[C@@H]2O)c2c(-c3ccc(O)c(O)c3)cc(=O)oc2c1. The van der Waals surface area contributed by atoms with Crippen LogP contribution in [0, 0.1) is 0 Å². The number of phenolic OH excluding ortho intramolecular Hbond substituents is 2. The quantitative estimate of drug-likeness (QED) is 0.110. The second kappa shape index (κ2) is 11.6. The van der Waals surface area contributed by atoms with Gasteiger partial charge >= 0.3 is 5.63 Å². The smallest absolute Gasteiger partial charge is 0.336 e. The predicted molar refractivity (Wildman–Crippen MR) is 139 cm³/mol. The van der Waals surface area contributed by atoms with Crippen molar-refractivity contribution in [2.45, 2.75) is 48.7 Å². The fraction of sp³-hybridized carbons (Fsp3) is 0.444. The van der Waals surface area contributed by atoms with Gasteiger partial charge in [0.05, 0.1) is 32.3 Å². The highest BCUT2D eigenvalue weighted by Crippen LogP contribution is 2.41. The van der Waals surface area contributed by atoms with Gasteiger partial charge in [0.2, 0.25) is 6.29 Å². The van der Waals surface area contributed by atoms with E-state index in [-0.39, 0.29) is 33.8 Å². The summed E-state index contributed by atoms with van der Waals surface area (Å²) in [5.74, 6) is -0.712. The molecule has 2 aliphatic heterocycles. The molecule has 0 aliphatic carbocycles. The fourth-order valence-corrected chi connectivity index (χ4v) is 4.77. The maximum absolute atomic E-state index is 12.4. The summed E-state index contributed by atoms with van der Waals surface area (Å²) in [6, 6.07) is 7.80. The van der Waals surface area contributed by atoms with Crippen LogP contribution in [0.5, 0.6) is 23.0 Å². The maximum atomic E-state index is 12.4. The topological polar surface area (TPSA) is 238 Å². The Hall–Kier alpha value is -3.51. The van der Waals surface area contributed by atoms with E-state index in [1.54, 1.807) is 0 Å². The molecule has 0 radical (unpaired) electrons. The summed E-state index contributed by atoms with van der Waals surface area (Å²) >= 11 is 0. The van der Waals surface area contributed by atoms with Crippen molar-refractivity contribution in [1.29, 1.82) is 0 Å². The molecular weight excluding hydrogens is 564 g/mol. The molecule has 15 heteroatoms. The molecule has 42 heavy (non-hydrogen) atoms. The van der Waals surface area contributed by atoms with E-state index in [1.165, 1.54) is 37.4 Å². The van der Waals surface area contributed by atoms with Crippen LogP contribution in [0.25, 0.3) is 22.1 Å². The lowest BCUT2D eigenvalue weighted by Gasteiger charge is -2.40. The van der Waals surface area contributed by atoms with Crippen LogP contribution in [0.3, 0.4) is 0 Å². The van der Waals surface area contributed by atoms with E-state index >= 15 is 0 Å². The average Bonchev–Trinajstić information content (AvgIpc) is 3.26. The minimum Gasteiger partial charge on any atom is -0.504 e. The monoisotopic (exact) mass is 594 g/mol. The van der Waals surface area contributed by atoms with Gasteiger partial charge in [-0.05, 0) is 17.7 Å². The van der Waals surface area contributed by atoms with E-state index in [4.69, 9.17) is 28.1 Å². The third-order valence-corrected chi connectivity index (χ3v) is 7.22. The lowest BCUT2D eigenvalue weighted by molar-refractivity contribution is -0.289. The Bertz CT molecular complexity index is 1490. The Morgan fingerprint density at radius 1 is 0.976 bits per heavy atom. The minimum absolute atomic E-state index is 0.00563. The molecule has 2 aliphatic rings. The van der Waals surface area contributed by atoms with E-state index in [0.29, 0.717) is 5.56 Å². The Morgan fingerprint density at radius 3 is 2.40 bits per heavy atom. The van der Waals surface area contributed by atoms with Crippen molar-refractivity contribution in [2.24, 2.45) is 0 Å². The largest absolute Gasteiger partial charge is 0.504 e. The Balaban J connectivity index is 1.47. The number of aliphatic hydroxyl groups is 6. The lowest BCUT2D eigenvalue weighted by Crippen LogP contribution is -2.60. The molecule has 0 saturated carbocycles. The second-order valence-corrected chi connectivity index (χ2v) is 10.0. The van der Waals surface area contributed by atoms with Crippen LogP contribution in [-0.4, -0.2) is 116 Å². The van der Waals surface area contributed by atoms with Crippen LogP contribution in [0.1, 0.15) is 0 Å². The Morgan fingerprint density at radius 2 is 1.74 bits per heavy atom. The highest BCUT2D eigenvalue weighted by Gasteiger charge is 2.50. The first kappa shape index (κ1) is 30.0. The molecule has 3 aromatic rings. The zero-order valence-corrected chi connectivity index (χ0v) is 22.1. The van der Waals surface area contributed by atoms with Crippen LogP contribution >= 0.6 is 0 Å². The van der Waals surface area contributed by atoms with Crippen LogP contribution in [-0.2, 0) is 14.2 Å². The summed E-state index contributed by atoms with van der Waals surface area (Å²) in [6.45, 7) is -1.71. The van der Waals surface area contributed by atoms with Gasteiger partial charge in [-0.15, -0.1) is 0 Å². The zero-order valence-electron chi connectivity index (χ0n) is 22.1. The van der Waals surface area contributed by atoms with Gasteiger partial charge in [0.15, 0.2) is 17.8 Å². The van der Waals surface area contributed by atoms with Crippen LogP contribution in [0.15, 0.2) is 45.6 Å². The first-order chi connectivity index (χ1) is 19.9. The molecule has 2 fully saturated rings. The predicted octanol–water partition coefficient (Wildman–Crippen LogP) is -1.48. The van der Waals surface area contributed by atoms with E-state index < -0.39 is 79.9 Å². The number of ether oxygens (including phenoxy) is 5. The molecule has 0 spiro atoms. The maximum Gasteiger partial charge on any atom is 0.336 e. The van der Waals surface area contributed by atoms with Gasteiger partial charge in [0.25, 0.3) is 0 Å². The number of hydrogen-bond acceptors (Lipinski definition) is 15. The zero-order chi connectivity index (χ0) is 30.3. The number of aromatic hydroxyl groups is 2. The molecule has 8 N–H and O–H groups in total. The molecule has 15 nitrogen and oxygen atoms in total. The minimum atomic E-state index is -1.95. The summed E-state index contributed by atoms with van der Waals surface area (Å²) in [5.41, 5.74) is -2.20. The van der Waals surface area contributed by atoms with Crippen molar-refractivity contribution in [3.63, 3.8) is 0 Å². The van der Waals surface area contributed by atoms with E-state index in [9.17, 15) is 45.6 Å². The van der Waals surface area contributed by atoms with Crippen LogP contribution < -0.4 is 15.1 Å². The average molecular weight is 595 g/mol. The standard InChI is InChI=1S/C27H30O15/c1-37-12-5-16-20(13(7-19(31)40-16)11-2-3-14(29)15(30)4-11)17(6-12)41-25-23(34)22(33)21(32)18(42-25)8-38-26-24(35)27(36,9-28)10-39-26/h2-7,18,21-26,28-30,32-36H,8-10H2,1H3/t18-,21+,22+,23-,24-,25-,26+,27-/m0/s1. The Labute approximate surface area is 236 Å². The first-order valence-corrected chi connectivity index (χ1v) is 12.7. The number of phenols is 2. The van der Waals surface area contributed by atoms with Crippen molar-refractivity contribution >= 4 is 11.0 Å². The van der Waals surface area contributed by atoms with E-state index in [0.717, 1.165) is 6.07 Å². The summed E-state index contributed by atoms with van der Waals surface area (Å²) in [4.78, 5) is 12.4. The molecule has 1 aromatic heterocycles. The van der Waals surface area contributed by atoms with Gasteiger partial charge in [0, 0.05) is 23.8 Å². The lowest BCUT2D eigenvalue weighted by atomic mass is 9.98. The Kier molecular flexibility index (Phi) is 8.30. The number of methoxy groups -OCH3 is 1. The van der Waals surface area contributed by atoms with Gasteiger partial charge in [-0.1, -0.05) is 6.07 Å². The molecule has 2 saturated heterocycles. The molecule has 8 atom stereocenters. The highest BCUT2D eigenvalue weighted by molar-refractivity contribution is 5.98. The molecule has 0 bridgehead atoms. The second-order valence-electron chi connectivity index (χ2n) is 10.0. The van der Waals surface area contributed by atoms with Crippen molar-refractivity contribution in [3.8, 4) is 34.1 Å². The molecule has 228 valence electrons. The molecule has 2 aromatic carbocycles. The first-order valence-electron chi connectivity index (χ1n) is 12.7. The number of hydrogen-bond donors (Lipinski definition) is 8. The molecule has 0 amide bonds. The number of fused-ring (bicyclic) bond motifs is 1. The van der Waals surface area contributed by atoms with Crippen molar-refractivity contribution in [3.05, 3.63) is 46.8 Å². The van der Waals surface area contributed by atoms with Gasteiger partial charge in [-0.2, -0.15) is 0 Å². The van der Waals surface area contributed by atoms with Gasteiger partial charge in [-0.25, -0.2) is 4.79 Å². The number of rotatable bonds is 8. The normalized spacial score (nSPS) is 31.4. The summed E-state index contributed by atoms with van der Waals surface area (Å²) in [6.07, 6.45) is -11.2. The van der Waals surface area contributed by atoms with E-state index in [2.05, 4.69) is 0 Å². The van der Waals surface area contributed by atoms with Gasteiger partial charge in [0.1, 0.15) is 53.2 Å². The van der Waals surface area contributed by atoms with Gasteiger partial charge < -0.3 is 69.0 Å². The molecular formula is C27H30O15. The van der Waals surface area contributed by atoms with Gasteiger partial charge in [-0.3, -0.25) is 0 Å². The third-order valence-electron chi connectivity index (χ3n) is 7.22. The van der Waals surface area contributed by atoms with E-state index in [1.807, 2.05) is 0 Å². The van der Waals surface area contributed by atoms with Crippen LogP contribution in [0.2, 0.25) is 0 Å². The number of benzene rings is 2. The molecule has 5 rings (SSSR count). The summed E-state index contributed by atoms with van der Waals surface area (Å²) in [7, 11) is 1.35. The number of aliphatic hydroxyl groups excluding tert-OH is 5. The van der Waals surface area contributed by atoms with Crippen molar-refractivity contribution in [2.75, 3.05) is 26.9 Å². The highest BCUT2D eigenvalue weighted by atomic mass is 16.7. The van der Waals surface area contributed by atoms with Crippen molar-refractivity contribution in [1.82, 2.24) is 0 Å². The van der Waals surface area contributed by atoms with Crippen LogP contribution in [0.4, 0.5) is 0 Å². The van der Waals surface area contributed by atoms with Crippen molar-refractivity contribution < 1.29 is 69.0 Å². The summed E-state index contributed by atoms with van der Waals surface area (Å²) in [5, 5.41) is 81.5. The third kappa shape index (κ3) is 5.49.